The van der Waals surface area contributed by atoms with E-state index in [-0.39, 0.29) is 0 Å². The molecule has 0 aromatic rings. The molecular formula is C16H32O2. The van der Waals surface area contributed by atoms with E-state index in [4.69, 9.17) is 5.11 Å². The van der Waals surface area contributed by atoms with Crippen LogP contribution in [-0.4, -0.2) is 11.1 Å². The molecule has 0 aromatic carbocycles. The van der Waals surface area contributed by atoms with Gasteiger partial charge < -0.3 is 5.11 Å². The molecule has 0 bridgehead atoms. The minimum absolute atomic E-state index is 0.339. The van der Waals surface area contributed by atoms with Gasteiger partial charge in [0.05, 0.1) is 0 Å². The molecule has 0 rings (SSSR count). The van der Waals surface area contributed by atoms with Crippen molar-refractivity contribution >= 4 is 5.97 Å². The Morgan fingerprint density at radius 1 is 0.944 bits per heavy atom. The maximum atomic E-state index is 10.3. The highest BCUT2D eigenvalue weighted by atomic mass is 16.4. The molecule has 0 saturated carbocycles. The van der Waals surface area contributed by atoms with Crippen LogP contribution in [0, 0.1) is 11.8 Å². The summed E-state index contributed by atoms with van der Waals surface area (Å²) in [5, 5.41) is 8.51. The molecule has 0 fully saturated rings. The fraction of sp³-hybridized carbons (Fsp3) is 0.938. The first kappa shape index (κ1) is 17.5. The number of unbranched alkanes of at least 4 members (excludes halogenated alkanes) is 5. The second-order valence-electron chi connectivity index (χ2n) is 5.91. The van der Waals surface area contributed by atoms with Crippen molar-refractivity contribution in [3.05, 3.63) is 0 Å². The molecule has 18 heavy (non-hydrogen) atoms. The summed E-state index contributed by atoms with van der Waals surface area (Å²) in [6.07, 6.45) is 11.4. The van der Waals surface area contributed by atoms with Crippen molar-refractivity contribution in [2.45, 2.75) is 85.0 Å². The van der Waals surface area contributed by atoms with Crippen LogP contribution >= 0.6 is 0 Å². The lowest BCUT2D eigenvalue weighted by Gasteiger charge is -2.15. The first-order valence-corrected chi connectivity index (χ1v) is 7.78. The van der Waals surface area contributed by atoms with Crippen LogP contribution in [0.2, 0.25) is 0 Å². The molecule has 0 saturated heterocycles. The molecule has 0 heterocycles. The van der Waals surface area contributed by atoms with Crippen molar-refractivity contribution in [1.29, 1.82) is 0 Å². The minimum Gasteiger partial charge on any atom is -0.481 e. The Balaban J connectivity index is 3.22. The normalized spacial score (nSPS) is 14.4. The van der Waals surface area contributed by atoms with Crippen LogP contribution < -0.4 is 0 Å². The summed E-state index contributed by atoms with van der Waals surface area (Å²) in [5.74, 6) is 1.08. The lowest BCUT2D eigenvalue weighted by Crippen LogP contribution is -2.02. The van der Waals surface area contributed by atoms with Gasteiger partial charge in [0.1, 0.15) is 0 Å². The van der Waals surface area contributed by atoms with Crippen LogP contribution in [0.3, 0.4) is 0 Å². The third-order valence-electron chi connectivity index (χ3n) is 3.84. The highest BCUT2D eigenvalue weighted by Gasteiger charge is 2.06. The second kappa shape index (κ2) is 11.6. The summed E-state index contributed by atoms with van der Waals surface area (Å²) in [6, 6.07) is 0. The van der Waals surface area contributed by atoms with E-state index in [0.29, 0.717) is 6.42 Å². The lowest BCUT2D eigenvalue weighted by molar-refractivity contribution is -0.137. The van der Waals surface area contributed by atoms with E-state index in [2.05, 4.69) is 20.8 Å². The van der Waals surface area contributed by atoms with Gasteiger partial charge in [0, 0.05) is 6.42 Å². The number of carboxylic acids is 1. The van der Waals surface area contributed by atoms with Gasteiger partial charge in [-0.25, -0.2) is 0 Å². The number of rotatable bonds is 12. The number of hydrogen-bond acceptors (Lipinski definition) is 1. The summed E-state index contributed by atoms with van der Waals surface area (Å²) in [7, 11) is 0. The maximum Gasteiger partial charge on any atom is 0.303 e. The smallest absolute Gasteiger partial charge is 0.303 e. The predicted octanol–water partition coefficient (Wildman–Crippen LogP) is 5.26. The number of carboxylic acid groups (broad SMARTS) is 1. The average Bonchev–Trinajstić information content (AvgIpc) is 2.31. The monoisotopic (exact) mass is 256 g/mol. The fourth-order valence-corrected chi connectivity index (χ4v) is 2.45. The Morgan fingerprint density at radius 2 is 1.50 bits per heavy atom. The molecule has 0 aliphatic heterocycles. The molecule has 0 aromatic heterocycles. The topological polar surface area (TPSA) is 37.3 Å². The molecule has 0 aliphatic rings. The van der Waals surface area contributed by atoms with Crippen molar-refractivity contribution in [3.63, 3.8) is 0 Å². The van der Waals surface area contributed by atoms with Gasteiger partial charge in [-0.3, -0.25) is 4.79 Å². The quantitative estimate of drug-likeness (QED) is 0.483. The molecule has 0 spiro atoms. The molecule has 0 amide bonds. The summed E-state index contributed by atoms with van der Waals surface area (Å²) in [6.45, 7) is 6.99. The largest absolute Gasteiger partial charge is 0.481 e. The van der Waals surface area contributed by atoms with E-state index in [9.17, 15) is 4.79 Å². The molecular weight excluding hydrogens is 224 g/mol. The fourth-order valence-electron chi connectivity index (χ4n) is 2.45. The number of carbonyl (C=O) groups is 1. The van der Waals surface area contributed by atoms with Crippen LogP contribution in [0.5, 0.6) is 0 Å². The van der Waals surface area contributed by atoms with Crippen molar-refractivity contribution in [1.82, 2.24) is 0 Å². The van der Waals surface area contributed by atoms with Gasteiger partial charge in [0.2, 0.25) is 0 Å². The van der Waals surface area contributed by atoms with Crippen LogP contribution in [-0.2, 0) is 4.79 Å². The lowest BCUT2D eigenvalue weighted by atomic mass is 9.91. The molecule has 0 aliphatic carbocycles. The summed E-state index contributed by atoms with van der Waals surface area (Å²) < 4.78 is 0. The van der Waals surface area contributed by atoms with Crippen LogP contribution in [0.25, 0.3) is 0 Å². The van der Waals surface area contributed by atoms with Gasteiger partial charge in [0.25, 0.3) is 0 Å². The standard InChI is InChI=1S/C16H32O2/c1-4-14(2)13-15(3)11-9-7-5-6-8-10-12-16(17)18/h14-15H,4-13H2,1-3H3,(H,17,18)/t14-,15+/m1/s1. The third-order valence-corrected chi connectivity index (χ3v) is 3.84. The van der Waals surface area contributed by atoms with E-state index in [1.807, 2.05) is 0 Å². The zero-order valence-electron chi connectivity index (χ0n) is 12.6. The Morgan fingerprint density at radius 3 is 2.06 bits per heavy atom. The second-order valence-corrected chi connectivity index (χ2v) is 5.91. The average molecular weight is 256 g/mol. The van der Waals surface area contributed by atoms with Gasteiger partial charge in [-0.2, -0.15) is 0 Å². The third kappa shape index (κ3) is 11.9. The SMILES string of the molecule is CC[C@@H](C)C[C@@H](C)CCCCCCCCC(=O)O. The predicted molar refractivity (Wildman–Crippen MR) is 77.8 cm³/mol. The Bertz CT molecular complexity index is 201. The first-order chi connectivity index (χ1) is 8.56. The summed E-state index contributed by atoms with van der Waals surface area (Å²) >= 11 is 0. The van der Waals surface area contributed by atoms with Gasteiger partial charge >= 0.3 is 5.97 Å². The van der Waals surface area contributed by atoms with E-state index >= 15 is 0 Å². The highest BCUT2D eigenvalue weighted by Crippen LogP contribution is 2.20. The van der Waals surface area contributed by atoms with Gasteiger partial charge in [-0.05, 0) is 24.7 Å². The van der Waals surface area contributed by atoms with Gasteiger partial charge in [-0.1, -0.05) is 65.7 Å². The maximum absolute atomic E-state index is 10.3. The van der Waals surface area contributed by atoms with Crippen molar-refractivity contribution in [2.24, 2.45) is 11.8 Å². The van der Waals surface area contributed by atoms with E-state index in [1.165, 1.54) is 44.9 Å². The van der Waals surface area contributed by atoms with Crippen molar-refractivity contribution in [3.8, 4) is 0 Å². The zero-order valence-corrected chi connectivity index (χ0v) is 12.6. The van der Waals surface area contributed by atoms with Crippen molar-refractivity contribution in [2.75, 3.05) is 0 Å². The molecule has 1 N–H and O–H groups in total. The molecule has 2 nitrogen and oxygen atoms in total. The van der Waals surface area contributed by atoms with Crippen molar-refractivity contribution < 1.29 is 9.90 Å². The summed E-state index contributed by atoms with van der Waals surface area (Å²) in [4.78, 5) is 10.3. The molecule has 2 atom stereocenters. The number of hydrogen-bond donors (Lipinski definition) is 1. The minimum atomic E-state index is -0.658. The van der Waals surface area contributed by atoms with E-state index in [1.54, 1.807) is 0 Å². The summed E-state index contributed by atoms with van der Waals surface area (Å²) in [5.41, 5.74) is 0. The van der Waals surface area contributed by atoms with Crippen LogP contribution in [0.1, 0.15) is 85.0 Å². The highest BCUT2D eigenvalue weighted by molar-refractivity contribution is 5.66. The van der Waals surface area contributed by atoms with Gasteiger partial charge in [0.15, 0.2) is 0 Å². The Hall–Kier alpha value is -0.530. The zero-order chi connectivity index (χ0) is 13.8. The van der Waals surface area contributed by atoms with Crippen LogP contribution in [0.4, 0.5) is 0 Å². The van der Waals surface area contributed by atoms with Gasteiger partial charge in [-0.15, -0.1) is 0 Å². The Labute approximate surface area is 113 Å². The Kier molecular flexibility index (Phi) is 11.2. The molecule has 108 valence electrons. The molecule has 2 heteroatoms. The molecule has 0 radical (unpaired) electrons. The number of aliphatic carboxylic acids is 1. The van der Waals surface area contributed by atoms with E-state index in [0.717, 1.165) is 24.7 Å². The molecule has 0 unspecified atom stereocenters. The van der Waals surface area contributed by atoms with Crippen LogP contribution in [0.15, 0.2) is 0 Å². The van der Waals surface area contributed by atoms with E-state index < -0.39 is 5.97 Å². The first-order valence-electron chi connectivity index (χ1n) is 7.78.